The zero-order valence-electron chi connectivity index (χ0n) is 30.1. The highest BCUT2D eigenvalue weighted by Crippen LogP contribution is 2.06. The molecule has 0 bridgehead atoms. The Bertz CT molecular complexity index is 1320. The van der Waals surface area contributed by atoms with E-state index in [1.165, 1.54) is 6.92 Å². The number of rotatable bonds is 24. The van der Waals surface area contributed by atoms with Crippen molar-refractivity contribution in [3.63, 3.8) is 0 Å². The molecule has 0 aliphatic heterocycles. The number of guanidine groups is 2. The molecule has 0 unspecified atom stereocenters. The van der Waals surface area contributed by atoms with E-state index in [1.807, 2.05) is 0 Å². The molecule has 0 saturated carbocycles. The number of nitrogens with one attached hydrogen (secondary N) is 6. The SMILES string of the molecule is CC(=O)N[C@H](C(=O)N[C@H](C(=O)N[C@@H](CO)C(=O)N[C@H](C(=O)N[C@@H](CCCN=C(N)N)C(=O)N[C@@H](CCCN=C(N)N)C(N)=O)[C@@H](C)O)[C@@H](C)O)[C@@H](C)O. The molecule has 0 spiro atoms. The quantitative estimate of drug-likeness (QED) is 0.0247. The highest BCUT2D eigenvalue weighted by Gasteiger charge is 2.36. The highest BCUT2D eigenvalue weighted by atomic mass is 16.3. The molecule has 0 aliphatic rings. The van der Waals surface area contributed by atoms with Crippen LogP contribution >= 0.6 is 0 Å². The largest absolute Gasteiger partial charge is 0.394 e. The molecule has 0 saturated heterocycles. The molecule has 24 heteroatoms. The summed E-state index contributed by atoms with van der Waals surface area (Å²) in [5, 5.41) is 53.8. The Morgan fingerprint density at radius 1 is 0.528 bits per heavy atom. The van der Waals surface area contributed by atoms with Crippen LogP contribution in [0, 0.1) is 0 Å². The first kappa shape index (κ1) is 47.7. The fourth-order valence-corrected chi connectivity index (χ4v) is 4.48. The van der Waals surface area contributed by atoms with Crippen molar-refractivity contribution in [2.75, 3.05) is 19.7 Å². The molecule has 20 N–H and O–H groups in total. The van der Waals surface area contributed by atoms with E-state index >= 15 is 0 Å². The van der Waals surface area contributed by atoms with Gasteiger partial charge in [0.2, 0.25) is 41.4 Å². The number of nitrogens with zero attached hydrogens (tertiary/aromatic N) is 2. The normalized spacial score (nSPS) is 15.9. The molecular formula is C29H55N13O11. The molecule has 0 radical (unpaired) electrons. The Labute approximate surface area is 305 Å². The van der Waals surface area contributed by atoms with Gasteiger partial charge in [0.15, 0.2) is 11.9 Å². The minimum Gasteiger partial charge on any atom is -0.394 e. The Balaban J connectivity index is 6.00. The van der Waals surface area contributed by atoms with Gasteiger partial charge in [-0.15, -0.1) is 0 Å². The predicted molar refractivity (Wildman–Crippen MR) is 188 cm³/mol. The number of aliphatic imine (C=N–C) groups is 2. The van der Waals surface area contributed by atoms with Crippen LogP contribution in [0.1, 0.15) is 53.4 Å². The van der Waals surface area contributed by atoms with Gasteiger partial charge >= 0.3 is 0 Å². The summed E-state index contributed by atoms with van der Waals surface area (Å²) in [7, 11) is 0. The molecule has 24 nitrogen and oxygen atoms in total. The highest BCUT2D eigenvalue weighted by molar-refractivity contribution is 5.97. The lowest BCUT2D eigenvalue weighted by atomic mass is 10.1. The van der Waals surface area contributed by atoms with Crippen molar-refractivity contribution in [2.45, 2.75) is 108 Å². The average molecular weight is 762 g/mol. The number of nitrogens with two attached hydrogens (primary N) is 5. The molecule has 7 amide bonds. The first-order valence-electron chi connectivity index (χ1n) is 16.5. The Morgan fingerprint density at radius 2 is 0.868 bits per heavy atom. The van der Waals surface area contributed by atoms with Crippen LogP contribution in [-0.4, -0.2) is 148 Å². The van der Waals surface area contributed by atoms with Crippen molar-refractivity contribution in [3.8, 4) is 0 Å². The monoisotopic (exact) mass is 761 g/mol. The van der Waals surface area contributed by atoms with E-state index in [9.17, 15) is 54.0 Å². The number of primary amides is 1. The van der Waals surface area contributed by atoms with Crippen molar-refractivity contribution < 1.29 is 54.0 Å². The number of carbonyl (C=O) groups is 7. The van der Waals surface area contributed by atoms with Crippen molar-refractivity contribution in [3.05, 3.63) is 0 Å². The van der Waals surface area contributed by atoms with Gasteiger partial charge < -0.3 is 81.0 Å². The van der Waals surface area contributed by atoms with Crippen LogP contribution in [-0.2, 0) is 33.6 Å². The lowest BCUT2D eigenvalue weighted by molar-refractivity contribution is -0.138. The van der Waals surface area contributed by atoms with Gasteiger partial charge in [-0.25, -0.2) is 0 Å². The number of aliphatic hydroxyl groups is 4. The van der Waals surface area contributed by atoms with Gasteiger partial charge in [-0.05, 0) is 46.5 Å². The summed E-state index contributed by atoms with van der Waals surface area (Å²) in [6, 6.07) is -9.46. The van der Waals surface area contributed by atoms with Crippen LogP contribution in [0.25, 0.3) is 0 Å². The lowest BCUT2D eigenvalue weighted by Gasteiger charge is -2.28. The molecule has 0 heterocycles. The summed E-state index contributed by atoms with van der Waals surface area (Å²) >= 11 is 0. The van der Waals surface area contributed by atoms with Crippen LogP contribution in [0.4, 0.5) is 0 Å². The molecule has 0 fully saturated rings. The molecule has 302 valence electrons. The summed E-state index contributed by atoms with van der Waals surface area (Å²) in [6.07, 6.45) is -4.31. The minimum atomic E-state index is -1.81. The Hall–Kier alpha value is -5.33. The molecule has 9 atom stereocenters. The fourth-order valence-electron chi connectivity index (χ4n) is 4.48. The lowest BCUT2D eigenvalue weighted by Crippen LogP contribution is -2.63. The molecule has 0 aromatic heterocycles. The maximum atomic E-state index is 13.4. The predicted octanol–water partition coefficient (Wildman–Crippen LogP) is -8.36. The van der Waals surface area contributed by atoms with Crippen molar-refractivity contribution in [1.82, 2.24) is 31.9 Å². The van der Waals surface area contributed by atoms with Gasteiger partial charge in [0.25, 0.3) is 0 Å². The number of hydrogen-bond acceptors (Lipinski definition) is 13. The van der Waals surface area contributed by atoms with E-state index in [2.05, 4.69) is 41.9 Å². The summed E-state index contributed by atoms with van der Waals surface area (Å²) in [6.45, 7) is 3.61. The molecule has 0 aliphatic carbocycles. The van der Waals surface area contributed by atoms with Gasteiger partial charge in [-0.2, -0.15) is 0 Å². The van der Waals surface area contributed by atoms with E-state index in [0.29, 0.717) is 0 Å². The zero-order chi connectivity index (χ0) is 41.0. The third-order valence-electron chi connectivity index (χ3n) is 7.25. The van der Waals surface area contributed by atoms with Crippen LogP contribution < -0.4 is 60.6 Å². The summed E-state index contributed by atoms with van der Waals surface area (Å²) in [5.74, 6) is -7.41. The molecule has 0 rings (SSSR count). The van der Waals surface area contributed by atoms with Crippen LogP contribution in [0.2, 0.25) is 0 Å². The van der Waals surface area contributed by atoms with Gasteiger partial charge in [0, 0.05) is 20.0 Å². The third-order valence-corrected chi connectivity index (χ3v) is 7.25. The van der Waals surface area contributed by atoms with Crippen LogP contribution in [0.3, 0.4) is 0 Å². The van der Waals surface area contributed by atoms with E-state index < -0.39 is 103 Å². The van der Waals surface area contributed by atoms with Crippen LogP contribution in [0.5, 0.6) is 0 Å². The second-order valence-electron chi connectivity index (χ2n) is 12.0. The van der Waals surface area contributed by atoms with E-state index in [1.54, 1.807) is 0 Å². The fraction of sp³-hybridized carbons (Fsp3) is 0.690. The summed E-state index contributed by atoms with van der Waals surface area (Å²) < 4.78 is 0. The Morgan fingerprint density at radius 3 is 1.25 bits per heavy atom. The van der Waals surface area contributed by atoms with E-state index in [4.69, 9.17) is 28.7 Å². The second-order valence-corrected chi connectivity index (χ2v) is 12.0. The van der Waals surface area contributed by atoms with Crippen LogP contribution in [0.15, 0.2) is 9.98 Å². The molecule has 53 heavy (non-hydrogen) atoms. The average Bonchev–Trinajstić information content (AvgIpc) is 3.04. The van der Waals surface area contributed by atoms with Crippen molar-refractivity contribution in [1.29, 1.82) is 0 Å². The summed E-state index contributed by atoms with van der Waals surface area (Å²) in [5.41, 5.74) is 26.7. The standard InChI is InChI=1S/C29H55N13O11/c1-12(44)19(37-15(4)47)27(53)42-21(14(3)46)26(52)40-18(11-43)24(50)41-20(13(2)45)25(51)39-17(8-6-10-36-29(33)34)23(49)38-16(22(30)48)7-5-9-35-28(31)32/h12-14,16-21,43-46H,5-11H2,1-4H3,(H2,30,48)(H,37,47)(H,38,49)(H,39,51)(H,40,52)(H,41,50)(H,42,53)(H4,31,32,35)(H4,33,34,36)/t12-,13-,14-,16+,17+,18+,19+,20+,21+/m1/s1. The van der Waals surface area contributed by atoms with Gasteiger partial charge in [0.05, 0.1) is 24.9 Å². The third kappa shape index (κ3) is 18.6. The first-order chi connectivity index (χ1) is 24.6. The van der Waals surface area contributed by atoms with Gasteiger partial charge in [-0.3, -0.25) is 43.5 Å². The molecular weight excluding hydrogens is 706 g/mol. The smallest absolute Gasteiger partial charge is 0.245 e. The minimum absolute atomic E-state index is 0.0309. The number of amides is 7. The first-order valence-corrected chi connectivity index (χ1v) is 16.5. The van der Waals surface area contributed by atoms with E-state index in [-0.39, 0.29) is 50.7 Å². The number of hydrogen-bond donors (Lipinski definition) is 15. The molecule has 0 aromatic carbocycles. The van der Waals surface area contributed by atoms with Crippen molar-refractivity contribution in [2.24, 2.45) is 38.7 Å². The number of aliphatic hydroxyl groups excluding tert-OH is 4. The topological polar surface area (TPSA) is 427 Å². The number of carbonyl (C=O) groups excluding carboxylic acids is 7. The maximum absolute atomic E-state index is 13.4. The van der Waals surface area contributed by atoms with Crippen molar-refractivity contribution >= 4 is 53.3 Å². The second kappa shape index (κ2) is 24.0. The van der Waals surface area contributed by atoms with Gasteiger partial charge in [-0.1, -0.05) is 0 Å². The zero-order valence-corrected chi connectivity index (χ0v) is 30.1. The van der Waals surface area contributed by atoms with E-state index in [0.717, 1.165) is 20.8 Å². The molecule has 0 aromatic rings. The summed E-state index contributed by atoms with van der Waals surface area (Å²) in [4.78, 5) is 96.6. The Kier molecular flexibility index (Phi) is 21.6. The van der Waals surface area contributed by atoms with Gasteiger partial charge in [0.1, 0.15) is 36.3 Å². The maximum Gasteiger partial charge on any atom is 0.245 e.